The monoisotopic (exact) mass is 440 g/mol. The predicted molar refractivity (Wildman–Crippen MR) is 135 cm³/mol. The molecular weight excluding hydrogens is 408 g/mol. The zero-order valence-electron chi connectivity index (χ0n) is 19.3. The van der Waals surface area contributed by atoms with Gasteiger partial charge in [0.2, 0.25) is 9.76 Å². The molecule has 0 fully saturated rings. The zero-order valence-corrected chi connectivity index (χ0v) is 20.7. The molecule has 4 rings (SSSR count). The minimum Gasteiger partial charge on any atom is -0.549 e. The Kier molecular flexibility index (Phi) is 6.47. The number of hydrogen-bond acceptors (Lipinski definition) is 2. The maximum atomic E-state index is 10.9. The van der Waals surface area contributed by atoms with Gasteiger partial charge in [-0.3, -0.25) is 4.79 Å². The first-order valence-electron chi connectivity index (χ1n) is 11.4. The summed E-state index contributed by atoms with van der Waals surface area (Å²) in [4.78, 5) is 10.9. The van der Waals surface area contributed by atoms with Gasteiger partial charge < -0.3 is 4.43 Å². The number of fused-ring (bicyclic) bond motifs is 1. The fourth-order valence-electron chi connectivity index (χ4n) is 5.09. The average Bonchev–Trinajstić information content (AvgIpc) is 3.14. The molecule has 0 saturated heterocycles. The summed E-state index contributed by atoms with van der Waals surface area (Å²) in [6.45, 7) is 6.90. The highest BCUT2D eigenvalue weighted by Crippen LogP contribution is 2.46. The van der Waals surface area contributed by atoms with Crippen molar-refractivity contribution in [3.05, 3.63) is 113 Å². The minimum atomic E-state index is -0.936. The summed E-state index contributed by atoms with van der Waals surface area (Å²) in [5.74, 6) is 1.24. The Balaban J connectivity index is 1.59. The van der Waals surface area contributed by atoms with Crippen LogP contribution >= 0.6 is 0 Å². The minimum absolute atomic E-state index is 0.0163. The van der Waals surface area contributed by atoms with Gasteiger partial charge >= 0.3 is 0 Å². The van der Waals surface area contributed by atoms with Crippen molar-refractivity contribution >= 4 is 16.0 Å². The molecule has 1 aliphatic carbocycles. The van der Waals surface area contributed by atoms with Crippen molar-refractivity contribution in [3.63, 3.8) is 0 Å². The van der Waals surface area contributed by atoms with Crippen LogP contribution in [0.15, 0.2) is 91.0 Å². The lowest BCUT2D eigenvalue weighted by atomic mass is 9.82. The van der Waals surface area contributed by atoms with E-state index in [0.29, 0.717) is 0 Å². The van der Waals surface area contributed by atoms with Crippen molar-refractivity contribution in [2.24, 2.45) is 0 Å². The van der Waals surface area contributed by atoms with Crippen LogP contribution < -0.4 is 4.43 Å². The van der Waals surface area contributed by atoms with Gasteiger partial charge in [0, 0.05) is 11.3 Å². The second-order valence-electron chi connectivity index (χ2n) is 9.76. The van der Waals surface area contributed by atoms with Crippen molar-refractivity contribution < 1.29 is 9.22 Å². The molecule has 2 nitrogen and oxygen atoms in total. The third-order valence-electron chi connectivity index (χ3n) is 6.81. The van der Waals surface area contributed by atoms with E-state index in [1.54, 1.807) is 6.08 Å². The number of benzene rings is 3. The molecule has 1 aliphatic rings. The van der Waals surface area contributed by atoms with E-state index in [2.05, 4.69) is 99.6 Å². The van der Waals surface area contributed by atoms with Crippen LogP contribution in [0.3, 0.4) is 0 Å². The van der Waals surface area contributed by atoms with Crippen LogP contribution in [0, 0.1) is 0 Å². The van der Waals surface area contributed by atoms with Gasteiger partial charge in [-0.1, -0.05) is 93.6 Å². The van der Waals surface area contributed by atoms with E-state index < -0.39 is 9.76 Å². The first-order chi connectivity index (χ1) is 15.4. The van der Waals surface area contributed by atoms with E-state index >= 15 is 0 Å². The Bertz CT molecular complexity index is 1050. The Morgan fingerprint density at radius 3 is 2.19 bits per heavy atom. The van der Waals surface area contributed by atoms with Gasteiger partial charge in [0.05, 0.1) is 0 Å². The Morgan fingerprint density at radius 1 is 0.969 bits per heavy atom. The third kappa shape index (κ3) is 4.63. The molecule has 3 aromatic carbocycles. The second kappa shape index (κ2) is 9.29. The highest BCUT2D eigenvalue weighted by molar-refractivity contribution is 6.33. The fraction of sp³-hybridized carbons (Fsp3) is 0.276. The van der Waals surface area contributed by atoms with Crippen LogP contribution in [-0.2, 0) is 16.6 Å². The van der Waals surface area contributed by atoms with E-state index in [9.17, 15) is 4.79 Å². The SMILES string of the molecule is CC1(/C=C/C=O)CCc2ccc(O[SiH2]C(C)(C)C(c3ccccc3)c3ccccc3)cc21. The quantitative estimate of drug-likeness (QED) is 0.239. The highest BCUT2D eigenvalue weighted by atomic mass is 28.2. The standard InChI is InChI=1S/C29H32O2Si/c1-28(2,27(23-11-6-4-7-12-23)24-13-8-5-9-14-24)32-31-25-16-15-22-17-19-29(3,18-10-20-30)26(22)21-25/h4-16,18,20-21,27H,17,19,32H2,1-3H3/b18-10+. The number of hydrogen-bond donors (Lipinski definition) is 0. The molecule has 164 valence electrons. The van der Waals surface area contributed by atoms with Crippen LogP contribution in [0.1, 0.15) is 55.4 Å². The summed E-state index contributed by atoms with van der Waals surface area (Å²) in [5.41, 5.74) is 5.23. The number of aldehydes is 1. The molecule has 3 aromatic rings. The Hall–Kier alpha value is -2.91. The molecule has 0 heterocycles. The molecule has 3 heteroatoms. The predicted octanol–water partition coefficient (Wildman–Crippen LogP) is 6.14. The van der Waals surface area contributed by atoms with Crippen LogP contribution in [0.5, 0.6) is 5.75 Å². The molecule has 0 spiro atoms. The van der Waals surface area contributed by atoms with Crippen molar-refractivity contribution in [3.8, 4) is 5.75 Å². The highest BCUT2D eigenvalue weighted by Gasteiger charge is 2.35. The van der Waals surface area contributed by atoms with Gasteiger partial charge in [-0.05, 0) is 58.3 Å². The summed E-state index contributed by atoms with van der Waals surface area (Å²) < 4.78 is 6.56. The lowest BCUT2D eigenvalue weighted by Crippen LogP contribution is -2.27. The first kappa shape index (κ1) is 22.3. The lowest BCUT2D eigenvalue weighted by Gasteiger charge is -2.35. The maximum Gasteiger partial charge on any atom is 0.226 e. The third-order valence-corrected chi connectivity index (χ3v) is 8.44. The summed E-state index contributed by atoms with van der Waals surface area (Å²) >= 11 is 0. The van der Waals surface area contributed by atoms with Crippen LogP contribution in [0.2, 0.25) is 5.04 Å². The molecule has 0 saturated carbocycles. The second-order valence-corrected chi connectivity index (χ2v) is 12.2. The van der Waals surface area contributed by atoms with Gasteiger partial charge in [-0.15, -0.1) is 0 Å². The zero-order chi connectivity index (χ0) is 22.6. The molecule has 0 radical (unpaired) electrons. The van der Waals surface area contributed by atoms with Crippen molar-refractivity contribution in [2.75, 3.05) is 0 Å². The molecule has 32 heavy (non-hydrogen) atoms. The molecule has 0 N–H and O–H groups in total. The van der Waals surface area contributed by atoms with Gasteiger partial charge in [0.25, 0.3) is 0 Å². The largest absolute Gasteiger partial charge is 0.549 e. The number of carbonyl (C=O) groups is 1. The summed E-state index contributed by atoms with van der Waals surface area (Å²) in [7, 11) is -0.936. The van der Waals surface area contributed by atoms with Crippen molar-refractivity contribution in [1.82, 2.24) is 0 Å². The lowest BCUT2D eigenvalue weighted by molar-refractivity contribution is -0.104. The molecule has 1 unspecified atom stereocenters. The van der Waals surface area contributed by atoms with Crippen LogP contribution in [0.4, 0.5) is 0 Å². The Morgan fingerprint density at radius 2 is 1.59 bits per heavy atom. The molecule has 0 aromatic heterocycles. The normalized spacial score (nSPS) is 18.5. The average molecular weight is 441 g/mol. The molecule has 1 atom stereocenters. The maximum absolute atomic E-state index is 10.9. The molecule has 0 aliphatic heterocycles. The van der Waals surface area contributed by atoms with Crippen molar-refractivity contribution in [1.29, 1.82) is 0 Å². The van der Waals surface area contributed by atoms with E-state index in [4.69, 9.17) is 4.43 Å². The van der Waals surface area contributed by atoms with Gasteiger partial charge in [-0.25, -0.2) is 0 Å². The number of rotatable bonds is 8. The fourth-order valence-corrected chi connectivity index (χ4v) is 6.44. The van der Waals surface area contributed by atoms with Crippen LogP contribution in [0.25, 0.3) is 0 Å². The number of aryl methyl sites for hydroxylation is 1. The molecular formula is C29H32O2Si. The van der Waals surface area contributed by atoms with Gasteiger partial charge in [0.1, 0.15) is 12.0 Å². The van der Waals surface area contributed by atoms with E-state index in [1.807, 2.05) is 6.08 Å². The summed E-state index contributed by atoms with van der Waals surface area (Å²) in [5, 5.41) is 0.0163. The van der Waals surface area contributed by atoms with Gasteiger partial charge in [-0.2, -0.15) is 0 Å². The number of allylic oxidation sites excluding steroid dienone is 2. The topological polar surface area (TPSA) is 26.3 Å². The molecule has 0 amide bonds. The smallest absolute Gasteiger partial charge is 0.226 e. The van der Waals surface area contributed by atoms with Crippen molar-refractivity contribution in [2.45, 2.75) is 50.0 Å². The van der Waals surface area contributed by atoms with E-state index in [0.717, 1.165) is 24.9 Å². The molecule has 0 bridgehead atoms. The van der Waals surface area contributed by atoms with Gasteiger partial charge in [0.15, 0.2) is 0 Å². The Labute approximate surface area is 194 Å². The number of carbonyl (C=O) groups excluding carboxylic acids is 1. The summed E-state index contributed by atoms with van der Waals surface area (Å²) in [6, 6.07) is 28.1. The van der Waals surface area contributed by atoms with E-state index in [1.165, 1.54) is 22.3 Å². The van der Waals surface area contributed by atoms with E-state index in [-0.39, 0.29) is 16.4 Å². The van der Waals surface area contributed by atoms with Crippen LogP contribution in [-0.4, -0.2) is 16.0 Å². The first-order valence-corrected chi connectivity index (χ1v) is 12.7. The summed E-state index contributed by atoms with van der Waals surface area (Å²) in [6.07, 6.45) is 6.61.